The van der Waals surface area contributed by atoms with Crippen LogP contribution in [0.4, 0.5) is 4.39 Å². The molecule has 2 aliphatic carbocycles. The molecule has 2 aliphatic rings. The molecule has 0 bridgehead atoms. The minimum absolute atomic E-state index is 0.00834. The summed E-state index contributed by atoms with van der Waals surface area (Å²) in [6, 6.07) is 10.4. The fourth-order valence-electron chi connectivity index (χ4n) is 5.38. The van der Waals surface area contributed by atoms with Gasteiger partial charge in [0.05, 0.1) is 12.5 Å². The van der Waals surface area contributed by atoms with E-state index in [4.69, 9.17) is 14.6 Å². The van der Waals surface area contributed by atoms with Crippen molar-refractivity contribution in [3.05, 3.63) is 76.2 Å². The van der Waals surface area contributed by atoms with Crippen LogP contribution in [-0.2, 0) is 17.8 Å². The molecule has 3 aromatic rings. The number of aliphatic hydroxyl groups excluding tert-OH is 2. The van der Waals surface area contributed by atoms with Crippen LogP contribution in [0.15, 0.2) is 42.6 Å². The summed E-state index contributed by atoms with van der Waals surface area (Å²) >= 11 is 0. The van der Waals surface area contributed by atoms with Gasteiger partial charge in [-0.15, -0.1) is 0 Å². The number of halogens is 1. The first-order valence-electron chi connectivity index (χ1n) is 11.9. The van der Waals surface area contributed by atoms with E-state index < -0.39 is 12.1 Å². The van der Waals surface area contributed by atoms with Crippen LogP contribution in [0, 0.1) is 31.5 Å². The number of rotatable bonds is 9. The molecule has 0 amide bonds. The van der Waals surface area contributed by atoms with Crippen LogP contribution in [0.25, 0.3) is 11.1 Å². The molecule has 0 radical (unpaired) electrons. The van der Waals surface area contributed by atoms with Crippen molar-refractivity contribution in [3.8, 4) is 22.8 Å². The lowest BCUT2D eigenvalue weighted by Gasteiger charge is -2.16. The summed E-state index contributed by atoms with van der Waals surface area (Å²) in [6.45, 7) is 3.50. The number of carboxylic acids is 1. The van der Waals surface area contributed by atoms with Crippen LogP contribution in [0.1, 0.15) is 33.7 Å². The van der Waals surface area contributed by atoms with Crippen molar-refractivity contribution in [3.63, 3.8) is 0 Å². The molecule has 0 aliphatic heterocycles. The second-order valence-electron chi connectivity index (χ2n) is 9.65. The van der Waals surface area contributed by atoms with E-state index in [1.54, 1.807) is 18.3 Å². The molecule has 3 N–H and O–H groups in total. The van der Waals surface area contributed by atoms with Crippen molar-refractivity contribution in [2.45, 2.75) is 38.9 Å². The van der Waals surface area contributed by atoms with Gasteiger partial charge in [-0.2, -0.15) is 0 Å². The monoisotopic (exact) mass is 493 g/mol. The topological polar surface area (TPSA) is 109 Å². The molecule has 4 atom stereocenters. The molecule has 8 heteroatoms. The SMILES string of the molecule is Cc1cc(OCC(O)CO)cc(C)c1-c1ccc(F)c(COc2cc3c(cn2)C2C(C3)C2C(=O)O)c1. The summed E-state index contributed by atoms with van der Waals surface area (Å²) < 4.78 is 26.0. The average Bonchev–Trinajstić information content (AvgIpc) is 3.44. The number of nitrogens with zero attached hydrogens (tertiary/aromatic N) is 1. The second kappa shape index (κ2) is 9.52. The molecule has 4 unspecified atom stereocenters. The lowest BCUT2D eigenvalue weighted by Crippen LogP contribution is -2.21. The van der Waals surface area contributed by atoms with Gasteiger partial charge in [-0.05, 0) is 83.8 Å². The normalized spacial score (nSPS) is 20.4. The van der Waals surface area contributed by atoms with Crippen molar-refractivity contribution in [2.24, 2.45) is 11.8 Å². The quantitative estimate of drug-likeness (QED) is 0.416. The number of aromatic nitrogens is 1. The van der Waals surface area contributed by atoms with E-state index in [-0.39, 0.29) is 43.4 Å². The number of aliphatic carboxylic acids is 1. The number of carbonyl (C=O) groups is 1. The Bertz CT molecular complexity index is 1300. The molecular weight excluding hydrogens is 465 g/mol. The van der Waals surface area contributed by atoms with E-state index in [1.807, 2.05) is 32.0 Å². The molecule has 7 nitrogen and oxygen atoms in total. The zero-order valence-electron chi connectivity index (χ0n) is 20.1. The molecule has 36 heavy (non-hydrogen) atoms. The van der Waals surface area contributed by atoms with Gasteiger partial charge in [0.15, 0.2) is 0 Å². The number of ether oxygens (including phenoxy) is 2. The molecular formula is C28H28FNO6. The largest absolute Gasteiger partial charge is 0.491 e. The molecule has 1 fully saturated rings. The fraction of sp³-hybridized carbons (Fsp3) is 0.357. The maximum Gasteiger partial charge on any atom is 0.307 e. The Morgan fingerprint density at radius 1 is 1.17 bits per heavy atom. The van der Waals surface area contributed by atoms with Gasteiger partial charge in [0.1, 0.15) is 30.9 Å². The molecule has 188 valence electrons. The van der Waals surface area contributed by atoms with Crippen LogP contribution in [0.2, 0.25) is 0 Å². The summed E-state index contributed by atoms with van der Waals surface area (Å²) in [5.41, 5.74) is 6.09. The minimum Gasteiger partial charge on any atom is -0.491 e. The zero-order chi connectivity index (χ0) is 25.6. The molecule has 0 spiro atoms. The van der Waals surface area contributed by atoms with Crippen molar-refractivity contribution < 1.29 is 34.0 Å². The first-order chi connectivity index (χ1) is 17.3. The number of fused-ring (bicyclic) bond motifs is 3. The Labute approximate surface area is 208 Å². The summed E-state index contributed by atoms with van der Waals surface area (Å²) in [5, 5.41) is 27.8. The van der Waals surface area contributed by atoms with Crippen LogP contribution in [0.3, 0.4) is 0 Å². The van der Waals surface area contributed by atoms with Crippen LogP contribution in [0.5, 0.6) is 11.6 Å². The third-order valence-electron chi connectivity index (χ3n) is 7.14. The van der Waals surface area contributed by atoms with Crippen molar-refractivity contribution in [1.29, 1.82) is 0 Å². The Balaban J connectivity index is 1.30. The molecule has 1 saturated carbocycles. The highest BCUT2D eigenvalue weighted by Gasteiger charge is 2.59. The number of carboxylic acid groups (broad SMARTS) is 1. The molecule has 1 heterocycles. The van der Waals surface area contributed by atoms with Crippen molar-refractivity contribution in [2.75, 3.05) is 13.2 Å². The predicted molar refractivity (Wildman–Crippen MR) is 130 cm³/mol. The Kier molecular flexibility index (Phi) is 6.40. The van der Waals surface area contributed by atoms with Gasteiger partial charge in [0.25, 0.3) is 0 Å². The number of hydrogen-bond acceptors (Lipinski definition) is 6. The zero-order valence-corrected chi connectivity index (χ0v) is 20.1. The maximum absolute atomic E-state index is 14.6. The van der Waals surface area contributed by atoms with Gasteiger partial charge in [-0.1, -0.05) is 6.07 Å². The Hall–Kier alpha value is -3.49. The molecule has 2 aromatic carbocycles. The van der Waals surface area contributed by atoms with Gasteiger partial charge >= 0.3 is 5.97 Å². The number of hydrogen-bond donors (Lipinski definition) is 3. The highest BCUT2D eigenvalue weighted by molar-refractivity contribution is 5.77. The number of benzene rings is 2. The van der Waals surface area contributed by atoms with Crippen molar-refractivity contribution >= 4 is 5.97 Å². The summed E-state index contributed by atoms with van der Waals surface area (Å²) in [4.78, 5) is 15.6. The summed E-state index contributed by atoms with van der Waals surface area (Å²) in [7, 11) is 0. The van der Waals surface area contributed by atoms with Gasteiger partial charge < -0.3 is 24.8 Å². The molecule has 0 saturated heterocycles. The fourth-order valence-corrected chi connectivity index (χ4v) is 5.38. The lowest BCUT2D eigenvalue weighted by atomic mass is 9.94. The van der Waals surface area contributed by atoms with Gasteiger partial charge in [-0.3, -0.25) is 4.79 Å². The Morgan fingerprint density at radius 2 is 1.92 bits per heavy atom. The third-order valence-corrected chi connectivity index (χ3v) is 7.14. The lowest BCUT2D eigenvalue weighted by molar-refractivity contribution is -0.139. The van der Waals surface area contributed by atoms with Gasteiger partial charge in [0.2, 0.25) is 5.88 Å². The second-order valence-corrected chi connectivity index (χ2v) is 9.65. The third kappa shape index (κ3) is 4.54. The smallest absolute Gasteiger partial charge is 0.307 e. The Morgan fingerprint density at radius 3 is 2.61 bits per heavy atom. The first kappa shape index (κ1) is 24.2. The number of pyridine rings is 1. The summed E-state index contributed by atoms with van der Waals surface area (Å²) in [6.07, 6.45) is 1.45. The minimum atomic E-state index is -0.947. The average molecular weight is 494 g/mol. The van der Waals surface area contributed by atoms with Crippen molar-refractivity contribution in [1.82, 2.24) is 4.98 Å². The molecule has 5 rings (SSSR count). The number of aliphatic hydroxyl groups is 2. The van der Waals surface area contributed by atoms with E-state index in [9.17, 15) is 19.4 Å². The van der Waals surface area contributed by atoms with E-state index in [2.05, 4.69) is 4.98 Å². The van der Waals surface area contributed by atoms with Gasteiger partial charge in [-0.25, -0.2) is 9.37 Å². The maximum atomic E-state index is 14.6. The predicted octanol–water partition coefficient (Wildman–Crippen LogP) is 3.79. The first-order valence-corrected chi connectivity index (χ1v) is 11.9. The van der Waals surface area contributed by atoms with Crippen LogP contribution in [-0.4, -0.2) is 45.6 Å². The van der Waals surface area contributed by atoms with Gasteiger partial charge in [0, 0.05) is 23.7 Å². The summed E-state index contributed by atoms with van der Waals surface area (Å²) in [5.74, 6) is -0.254. The highest BCUT2D eigenvalue weighted by atomic mass is 19.1. The standard InChI is InChI=1S/C28H28FNO6/c1-14-5-20(35-13-19(32)11-31)6-15(2)25(14)16-3-4-23(29)18(7-16)12-36-24-9-17-8-21-26(22(17)10-30-24)27(21)28(33)34/h3-7,9-10,19,21,26-27,31-32H,8,11-13H2,1-2H3,(H,33,34). The van der Waals surface area contributed by atoms with Crippen LogP contribution >= 0.6 is 0 Å². The van der Waals surface area contributed by atoms with E-state index in [1.165, 1.54) is 6.07 Å². The highest BCUT2D eigenvalue weighted by Crippen LogP contribution is 2.61. The van der Waals surface area contributed by atoms with Crippen LogP contribution < -0.4 is 9.47 Å². The van der Waals surface area contributed by atoms with E-state index >= 15 is 0 Å². The van der Waals surface area contributed by atoms with E-state index in [0.717, 1.165) is 33.4 Å². The van der Waals surface area contributed by atoms with E-state index in [0.29, 0.717) is 23.6 Å². The number of aryl methyl sites for hydroxylation is 2. The molecule has 1 aromatic heterocycles.